The number of thioether (sulfide) groups is 1. The van der Waals surface area contributed by atoms with Gasteiger partial charge in [-0.3, -0.25) is 4.79 Å². The predicted molar refractivity (Wildman–Crippen MR) is 97.1 cm³/mol. The minimum absolute atomic E-state index is 0.0455. The van der Waals surface area contributed by atoms with E-state index in [-0.39, 0.29) is 5.91 Å². The van der Waals surface area contributed by atoms with E-state index in [1.54, 1.807) is 18.0 Å². The van der Waals surface area contributed by atoms with E-state index in [1.165, 1.54) is 10.5 Å². The number of nitrogens with one attached hydrogen (secondary N) is 2. The molecule has 0 saturated heterocycles. The summed E-state index contributed by atoms with van der Waals surface area (Å²) in [7, 11) is 0. The fraction of sp³-hybridized carbons (Fsp3) is 0.278. The summed E-state index contributed by atoms with van der Waals surface area (Å²) in [5.74, 6) is 0.843. The molecule has 0 bridgehead atoms. The number of carbonyl (C=O) groups excluding carboxylic acids is 1. The zero-order valence-electron chi connectivity index (χ0n) is 13.6. The molecule has 0 saturated carbocycles. The number of rotatable bonds is 7. The normalized spacial score (nSPS) is 10.9. The maximum absolute atomic E-state index is 12.0. The molecular formula is C18H20N4OS. The van der Waals surface area contributed by atoms with Gasteiger partial charge in [0.1, 0.15) is 11.3 Å². The average Bonchev–Trinajstić information content (AvgIpc) is 3.03. The second-order valence-corrected chi connectivity index (χ2v) is 6.38. The molecular weight excluding hydrogens is 320 g/mol. The zero-order valence-corrected chi connectivity index (χ0v) is 14.4. The lowest BCUT2D eigenvalue weighted by Gasteiger charge is -2.05. The van der Waals surface area contributed by atoms with Gasteiger partial charge in [-0.05, 0) is 42.5 Å². The molecule has 6 heteroatoms. The van der Waals surface area contributed by atoms with E-state index in [9.17, 15) is 4.79 Å². The third-order valence-corrected chi connectivity index (χ3v) is 4.53. The van der Waals surface area contributed by atoms with Gasteiger partial charge in [0, 0.05) is 30.5 Å². The lowest BCUT2D eigenvalue weighted by Crippen LogP contribution is -2.26. The molecule has 0 aliphatic carbocycles. The fourth-order valence-electron chi connectivity index (χ4n) is 2.47. The van der Waals surface area contributed by atoms with Crippen LogP contribution < -0.4 is 5.32 Å². The number of hydrogen-bond donors (Lipinski definition) is 2. The summed E-state index contributed by atoms with van der Waals surface area (Å²) in [6, 6.07) is 12.2. The molecule has 0 radical (unpaired) electrons. The van der Waals surface area contributed by atoms with Crippen LogP contribution in [0.3, 0.4) is 0 Å². The van der Waals surface area contributed by atoms with E-state index in [1.807, 2.05) is 12.1 Å². The number of pyridine rings is 1. The summed E-state index contributed by atoms with van der Waals surface area (Å²) in [4.78, 5) is 25.0. The van der Waals surface area contributed by atoms with Crippen LogP contribution in [0.25, 0.3) is 11.2 Å². The van der Waals surface area contributed by atoms with Crippen molar-refractivity contribution < 1.29 is 4.79 Å². The number of nitrogens with zero attached hydrogens (tertiary/aromatic N) is 2. The molecule has 2 N–H and O–H groups in total. The van der Waals surface area contributed by atoms with E-state index < -0.39 is 0 Å². The summed E-state index contributed by atoms with van der Waals surface area (Å²) < 4.78 is 0. The van der Waals surface area contributed by atoms with E-state index in [0.29, 0.717) is 19.4 Å². The molecule has 3 rings (SSSR count). The Balaban J connectivity index is 1.42. The Morgan fingerprint density at radius 3 is 2.79 bits per heavy atom. The second-order valence-electron chi connectivity index (χ2n) is 5.50. The molecule has 0 unspecified atom stereocenters. The maximum atomic E-state index is 12.0. The molecule has 0 spiro atoms. The van der Waals surface area contributed by atoms with E-state index >= 15 is 0 Å². The minimum Gasteiger partial charge on any atom is -0.356 e. The van der Waals surface area contributed by atoms with Crippen molar-refractivity contribution in [1.29, 1.82) is 0 Å². The second kappa shape index (κ2) is 7.97. The number of H-pyrrole nitrogens is 1. The number of hydrogen-bond acceptors (Lipinski definition) is 4. The molecule has 1 amide bonds. The number of carbonyl (C=O) groups is 1. The first kappa shape index (κ1) is 16.5. The molecule has 124 valence electrons. The number of benzene rings is 1. The largest absolute Gasteiger partial charge is 0.356 e. The Kier molecular flexibility index (Phi) is 5.48. The van der Waals surface area contributed by atoms with Gasteiger partial charge in [-0.1, -0.05) is 12.1 Å². The van der Waals surface area contributed by atoms with Crippen LogP contribution in [0.1, 0.15) is 17.8 Å². The topological polar surface area (TPSA) is 70.7 Å². The summed E-state index contributed by atoms with van der Waals surface area (Å²) >= 11 is 1.73. The smallest absolute Gasteiger partial charge is 0.220 e. The van der Waals surface area contributed by atoms with Crippen molar-refractivity contribution >= 4 is 28.8 Å². The fourth-order valence-corrected chi connectivity index (χ4v) is 2.88. The number of fused-ring (bicyclic) bond motifs is 1. The number of aromatic nitrogens is 3. The zero-order chi connectivity index (χ0) is 16.8. The average molecular weight is 340 g/mol. The highest BCUT2D eigenvalue weighted by Crippen LogP contribution is 2.15. The highest BCUT2D eigenvalue weighted by molar-refractivity contribution is 7.98. The van der Waals surface area contributed by atoms with Crippen molar-refractivity contribution in [2.24, 2.45) is 0 Å². The van der Waals surface area contributed by atoms with Crippen molar-refractivity contribution in [2.45, 2.75) is 24.2 Å². The van der Waals surface area contributed by atoms with Crippen LogP contribution >= 0.6 is 11.8 Å². The van der Waals surface area contributed by atoms with Crippen molar-refractivity contribution in [2.75, 3.05) is 12.8 Å². The van der Waals surface area contributed by atoms with Crippen LogP contribution in [0.15, 0.2) is 47.5 Å². The van der Waals surface area contributed by atoms with Crippen molar-refractivity contribution in [3.05, 3.63) is 54.0 Å². The van der Waals surface area contributed by atoms with Crippen LogP contribution in [-0.2, 0) is 17.6 Å². The van der Waals surface area contributed by atoms with Crippen LogP contribution in [0.2, 0.25) is 0 Å². The van der Waals surface area contributed by atoms with Crippen molar-refractivity contribution in [1.82, 2.24) is 20.3 Å². The molecule has 24 heavy (non-hydrogen) atoms. The quantitative estimate of drug-likeness (QED) is 0.649. The SMILES string of the molecule is CSc1ccc(CCNC(=O)CCc2nc3cccnc3[nH]2)cc1. The summed E-state index contributed by atoms with van der Waals surface area (Å²) in [5.41, 5.74) is 2.83. The van der Waals surface area contributed by atoms with Crippen LogP contribution in [-0.4, -0.2) is 33.7 Å². The van der Waals surface area contributed by atoms with Gasteiger partial charge < -0.3 is 10.3 Å². The Bertz CT molecular complexity index is 780. The highest BCUT2D eigenvalue weighted by atomic mass is 32.2. The molecule has 1 aromatic carbocycles. The summed E-state index contributed by atoms with van der Waals surface area (Å²) in [6.45, 7) is 0.652. The van der Waals surface area contributed by atoms with Gasteiger partial charge in [0.25, 0.3) is 0 Å². The molecule has 3 aromatic rings. The molecule has 0 atom stereocenters. The molecule has 2 heterocycles. The maximum Gasteiger partial charge on any atom is 0.220 e. The molecule has 2 aromatic heterocycles. The Hall–Kier alpha value is -2.34. The lowest BCUT2D eigenvalue weighted by molar-refractivity contribution is -0.121. The van der Waals surface area contributed by atoms with Gasteiger partial charge in [-0.25, -0.2) is 9.97 Å². The van der Waals surface area contributed by atoms with Gasteiger partial charge in [-0.15, -0.1) is 11.8 Å². The third-order valence-electron chi connectivity index (χ3n) is 3.79. The molecule has 0 fully saturated rings. The molecule has 0 aliphatic rings. The number of aromatic amines is 1. The van der Waals surface area contributed by atoms with Gasteiger partial charge in [0.15, 0.2) is 5.65 Å². The first-order valence-corrected chi connectivity index (χ1v) is 9.16. The van der Waals surface area contributed by atoms with E-state index in [4.69, 9.17) is 0 Å². The van der Waals surface area contributed by atoms with Gasteiger partial charge >= 0.3 is 0 Å². The molecule has 0 aliphatic heterocycles. The van der Waals surface area contributed by atoms with Crippen molar-refractivity contribution in [3.63, 3.8) is 0 Å². The van der Waals surface area contributed by atoms with E-state index in [0.717, 1.165) is 23.4 Å². The Labute approximate surface area is 145 Å². The summed E-state index contributed by atoms with van der Waals surface area (Å²) in [6.07, 6.45) is 5.64. The third kappa shape index (κ3) is 4.35. The van der Waals surface area contributed by atoms with Crippen LogP contribution in [0, 0.1) is 0 Å². The number of imidazole rings is 1. The minimum atomic E-state index is 0.0455. The lowest BCUT2D eigenvalue weighted by atomic mass is 10.1. The van der Waals surface area contributed by atoms with Gasteiger partial charge in [-0.2, -0.15) is 0 Å². The van der Waals surface area contributed by atoms with Gasteiger partial charge in [0.05, 0.1) is 0 Å². The van der Waals surface area contributed by atoms with Crippen LogP contribution in [0.4, 0.5) is 0 Å². The number of aryl methyl sites for hydroxylation is 1. The highest BCUT2D eigenvalue weighted by Gasteiger charge is 2.06. The van der Waals surface area contributed by atoms with Crippen molar-refractivity contribution in [3.8, 4) is 0 Å². The number of amides is 1. The predicted octanol–water partition coefficient (Wildman–Crippen LogP) is 2.97. The monoisotopic (exact) mass is 340 g/mol. The van der Waals surface area contributed by atoms with Gasteiger partial charge in [0.2, 0.25) is 5.91 Å². The molecule has 5 nitrogen and oxygen atoms in total. The van der Waals surface area contributed by atoms with E-state index in [2.05, 4.69) is 50.8 Å². The Morgan fingerprint density at radius 1 is 1.21 bits per heavy atom. The first-order valence-electron chi connectivity index (χ1n) is 7.94. The van der Waals surface area contributed by atoms with Crippen LogP contribution in [0.5, 0.6) is 0 Å². The summed E-state index contributed by atoms with van der Waals surface area (Å²) in [5, 5.41) is 2.96. The Morgan fingerprint density at radius 2 is 2.04 bits per heavy atom. The first-order chi connectivity index (χ1) is 11.7. The standard InChI is InChI=1S/C18H20N4OS/c1-24-14-6-4-13(5-7-14)10-12-19-17(23)9-8-16-21-15-3-2-11-20-18(15)22-16/h2-7,11H,8-10,12H2,1H3,(H,19,23)(H,20,21,22).